The summed E-state index contributed by atoms with van der Waals surface area (Å²) in [6.07, 6.45) is 6.28. The van der Waals surface area contributed by atoms with Crippen molar-refractivity contribution >= 4 is 22.7 Å². The molecule has 1 saturated heterocycles. The van der Waals surface area contributed by atoms with Gasteiger partial charge in [0.05, 0.1) is 23.6 Å². The number of aromatic nitrogens is 1. The smallest absolute Gasteiger partial charge is 0.265 e. The first kappa shape index (κ1) is 21.3. The number of hydrogen-bond acceptors (Lipinski definition) is 5. The van der Waals surface area contributed by atoms with E-state index in [1.807, 2.05) is 4.90 Å². The highest BCUT2D eigenvalue weighted by molar-refractivity contribution is 7.84. The highest BCUT2D eigenvalue weighted by Crippen LogP contribution is 2.45. The predicted molar refractivity (Wildman–Crippen MR) is 117 cm³/mol. The quantitative estimate of drug-likeness (QED) is 0.679. The van der Waals surface area contributed by atoms with E-state index in [-0.39, 0.29) is 28.7 Å². The van der Waals surface area contributed by atoms with Crippen LogP contribution >= 0.6 is 0 Å². The molecule has 32 heavy (non-hydrogen) atoms. The molecular formula is C23H25F2N3O3S. The van der Waals surface area contributed by atoms with E-state index >= 15 is 0 Å². The number of anilines is 1. The Balaban J connectivity index is 1.32. The van der Waals surface area contributed by atoms with Crippen LogP contribution < -0.4 is 14.4 Å². The lowest BCUT2D eigenvalue weighted by molar-refractivity contribution is 0.0978. The van der Waals surface area contributed by atoms with Crippen molar-refractivity contribution in [2.24, 2.45) is 0 Å². The van der Waals surface area contributed by atoms with E-state index < -0.39 is 22.7 Å². The van der Waals surface area contributed by atoms with Crippen LogP contribution in [0.2, 0.25) is 0 Å². The average Bonchev–Trinajstić information content (AvgIpc) is 3.68. The van der Waals surface area contributed by atoms with Crippen molar-refractivity contribution in [3.05, 3.63) is 53.2 Å². The molecule has 1 aromatic carbocycles. The molecule has 1 aromatic heterocycles. The predicted octanol–water partition coefficient (Wildman–Crippen LogP) is 3.84. The van der Waals surface area contributed by atoms with Crippen LogP contribution in [0.3, 0.4) is 0 Å². The molecular weight excluding hydrogens is 436 g/mol. The molecule has 9 heteroatoms. The summed E-state index contributed by atoms with van der Waals surface area (Å²) in [5.41, 5.74) is 0.736. The second kappa shape index (κ2) is 8.77. The number of carbonyl (C=O) groups is 1. The molecule has 6 nitrogen and oxygen atoms in total. The van der Waals surface area contributed by atoms with Gasteiger partial charge in [0.25, 0.3) is 5.91 Å². The van der Waals surface area contributed by atoms with Gasteiger partial charge in [0.15, 0.2) is 0 Å². The summed E-state index contributed by atoms with van der Waals surface area (Å²) in [6, 6.07) is 5.88. The van der Waals surface area contributed by atoms with Crippen molar-refractivity contribution in [2.75, 3.05) is 18.0 Å². The van der Waals surface area contributed by atoms with Gasteiger partial charge in [0.2, 0.25) is 0 Å². The monoisotopic (exact) mass is 461 g/mol. The van der Waals surface area contributed by atoms with Gasteiger partial charge in [-0.05, 0) is 68.2 Å². The summed E-state index contributed by atoms with van der Waals surface area (Å²) in [7, 11) is -1.47. The zero-order chi connectivity index (χ0) is 22.2. The van der Waals surface area contributed by atoms with Gasteiger partial charge < -0.3 is 9.64 Å². The lowest BCUT2D eigenvalue weighted by Crippen LogP contribution is -2.41. The highest BCUT2D eigenvalue weighted by Gasteiger charge is 2.33. The molecule has 2 unspecified atom stereocenters. The Morgan fingerprint density at radius 1 is 1.16 bits per heavy atom. The van der Waals surface area contributed by atoms with Gasteiger partial charge in [0, 0.05) is 12.6 Å². The van der Waals surface area contributed by atoms with E-state index in [0.717, 1.165) is 50.6 Å². The molecule has 2 aliphatic carbocycles. The molecule has 2 saturated carbocycles. The molecule has 5 rings (SSSR count). The average molecular weight is 462 g/mol. The van der Waals surface area contributed by atoms with Crippen LogP contribution in [0.25, 0.3) is 0 Å². The fourth-order valence-electron chi connectivity index (χ4n) is 4.05. The van der Waals surface area contributed by atoms with Crippen LogP contribution in [-0.2, 0) is 11.0 Å². The minimum Gasteiger partial charge on any atom is -0.488 e. The maximum absolute atomic E-state index is 14.9. The molecule has 3 fully saturated rings. The molecule has 1 aliphatic heterocycles. The van der Waals surface area contributed by atoms with Gasteiger partial charge >= 0.3 is 0 Å². The van der Waals surface area contributed by atoms with Gasteiger partial charge in [-0.15, -0.1) is 0 Å². The largest absolute Gasteiger partial charge is 0.488 e. The molecule has 2 heterocycles. The van der Waals surface area contributed by atoms with E-state index in [1.165, 1.54) is 18.3 Å². The first-order chi connectivity index (χ1) is 15.5. The van der Waals surface area contributed by atoms with Crippen molar-refractivity contribution in [1.82, 2.24) is 9.71 Å². The van der Waals surface area contributed by atoms with E-state index in [9.17, 15) is 17.8 Å². The summed E-state index contributed by atoms with van der Waals surface area (Å²) >= 11 is 0. The molecule has 2 aromatic rings. The van der Waals surface area contributed by atoms with Crippen LogP contribution in [0.1, 0.15) is 60.4 Å². The highest BCUT2D eigenvalue weighted by atomic mass is 32.2. The van der Waals surface area contributed by atoms with E-state index in [4.69, 9.17) is 4.74 Å². The Labute approximate surface area is 187 Å². The summed E-state index contributed by atoms with van der Waals surface area (Å²) < 4.78 is 48.8. The number of amides is 1. The second-order valence-electron chi connectivity index (χ2n) is 8.73. The number of pyridine rings is 1. The van der Waals surface area contributed by atoms with Crippen molar-refractivity contribution in [3.63, 3.8) is 0 Å². The van der Waals surface area contributed by atoms with Gasteiger partial charge in [-0.1, -0.05) is 0 Å². The van der Waals surface area contributed by atoms with Crippen LogP contribution in [0, 0.1) is 11.6 Å². The minimum absolute atomic E-state index is 0.0163. The summed E-state index contributed by atoms with van der Waals surface area (Å²) in [5.74, 6) is -0.319. The van der Waals surface area contributed by atoms with Crippen LogP contribution in [0.4, 0.5) is 14.6 Å². The van der Waals surface area contributed by atoms with E-state index in [2.05, 4.69) is 9.71 Å². The number of piperidine rings is 1. The fraction of sp³-hybridized carbons (Fsp3) is 0.478. The lowest BCUT2D eigenvalue weighted by atomic mass is 10.0. The van der Waals surface area contributed by atoms with Gasteiger partial charge in [-0.25, -0.2) is 18.0 Å². The summed E-state index contributed by atoms with van der Waals surface area (Å²) in [4.78, 5) is 18.7. The summed E-state index contributed by atoms with van der Waals surface area (Å²) in [5, 5.41) is -0.0163. The standard InChI is InChI=1S/C23H25F2N3O3S/c24-15-5-8-22(26-12-15)28-9-1-2-16(13-28)31-21-11-20(25)19(10-18(21)14-3-4-14)23(29)27-32(30)17-6-7-17/h5,8,10-12,14,16-17H,1-4,6-7,9,13H2,(H,27,29). The first-order valence-corrected chi connectivity index (χ1v) is 12.3. The Kier molecular flexibility index (Phi) is 5.84. The van der Waals surface area contributed by atoms with Gasteiger partial charge in [-0.3, -0.25) is 9.52 Å². The number of nitrogens with zero attached hydrogens (tertiary/aromatic N) is 2. The molecule has 170 valence electrons. The number of carbonyl (C=O) groups excluding carboxylic acids is 1. The number of benzene rings is 1. The Hall–Kier alpha value is -2.55. The maximum Gasteiger partial charge on any atom is 0.265 e. The molecule has 0 bridgehead atoms. The molecule has 1 N–H and O–H groups in total. The molecule has 0 spiro atoms. The van der Waals surface area contributed by atoms with Crippen molar-refractivity contribution < 1.29 is 22.5 Å². The Morgan fingerprint density at radius 2 is 1.97 bits per heavy atom. The van der Waals surface area contributed by atoms with Crippen LogP contribution in [-0.4, -0.2) is 39.5 Å². The Bertz CT molecular complexity index is 1040. The Morgan fingerprint density at radius 3 is 2.66 bits per heavy atom. The number of halogens is 2. The zero-order valence-electron chi connectivity index (χ0n) is 17.6. The van der Waals surface area contributed by atoms with Crippen LogP contribution in [0.5, 0.6) is 5.75 Å². The van der Waals surface area contributed by atoms with Crippen molar-refractivity contribution in [1.29, 1.82) is 0 Å². The molecule has 2 atom stereocenters. The van der Waals surface area contributed by atoms with E-state index in [0.29, 0.717) is 18.1 Å². The van der Waals surface area contributed by atoms with Gasteiger partial charge in [0.1, 0.15) is 40.3 Å². The number of nitrogens with one attached hydrogen (secondary N) is 1. The molecule has 0 radical (unpaired) electrons. The zero-order valence-corrected chi connectivity index (χ0v) is 18.4. The van der Waals surface area contributed by atoms with Gasteiger partial charge in [-0.2, -0.15) is 0 Å². The van der Waals surface area contributed by atoms with Crippen molar-refractivity contribution in [2.45, 2.75) is 55.8 Å². The summed E-state index contributed by atoms with van der Waals surface area (Å²) in [6.45, 7) is 1.35. The van der Waals surface area contributed by atoms with E-state index in [1.54, 1.807) is 12.1 Å². The third-order valence-electron chi connectivity index (χ3n) is 6.09. The topological polar surface area (TPSA) is 71.5 Å². The third kappa shape index (κ3) is 4.77. The molecule has 1 amide bonds. The first-order valence-electron chi connectivity index (χ1n) is 11.1. The SMILES string of the molecule is O=C(NS(=O)C1CC1)c1cc(C2CC2)c(OC2CCCN(c3ccc(F)cn3)C2)cc1F. The number of ether oxygens (including phenoxy) is 1. The molecule has 3 aliphatic rings. The van der Waals surface area contributed by atoms with Crippen LogP contribution in [0.15, 0.2) is 30.5 Å². The lowest BCUT2D eigenvalue weighted by Gasteiger charge is -2.34. The number of rotatable bonds is 7. The van der Waals surface area contributed by atoms with Crippen molar-refractivity contribution in [3.8, 4) is 5.75 Å². The number of hydrogen-bond donors (Lipinski definition) is 1. The maximum atomic E-state index is 14.9. The third-order valence-corrected chi connectivity index (χ3v) is 7.55. The fourth-order valence-corrected chi connectivity index (χ4v) is 5.07. The minimum atomic E-state index is -1.47. The second-order valence-corrected chi connectivity index (χ2v) is 10.2. The normalized spacial score (nSPS) is 21.8.